The van der Waals surface area contributed by atoms with E-state index in [2.05, 4.69) is 15.1 Å². The second-order valence-corrected chi connectivity index (χ2v) is 4.78. The second-order valence-electron chi connectivity index (χ2n) is 4.78. The van der Waals surface area contributed by atoms with Crippen LogP contribution in [0.15, 0.2) is 11.3 Å². The third-order valence-corrected chi connectivity index (χ3v) is 2.79. The van der Waals surface area contributed by atoms with E-state index in [0.29, 0.717) is 19.4 Å². The lowest BCUT2D eigenvalue weighted by molar-refractivity contribution is -0.369. The van der Waals surface area contributed by atoms with Gasteiger partial charge in [0.15, 0.2) is 6.29 Å². The molecule has 0 spiro atoms. The van der Waals surface area contributed by atoms with Crippen LogP contribution in [0.25, 0.3) is 0 Å². The van der Waals surface area contributed by atoms with E-state index in [1.165, 1.54) is 5.57 Å². The number of allylic oxidation sites excluding steroid dienone is 2. The van der Waals surface area contributed by atoms with Gasteiger partial charge in [0.05, 0.1) is 6.61 Å². The summed E-state index contributed by atoms with van der Waals surface area (Å²) in [7, 11) is 0. The molecule has 2 atom stereocenters. The Hall–Kier alpha value is -0.910. The van der Waals surface area contributed by atoms with Crippen LogP contribution < -0.4 is 5.32 Å². The highest BCUT2D eigenvalue weighted by Crippen LogP contribution is 2.30. The maximum absolute atomic E-state index is 11.7. The average Bonchev–Trinajstić information content (AvgIpc) is 3.09. The minimum absolute atomic E-state index is 0.0111. The minimum atomic E-state index is -0.976. The van der Waals surface area contributed by atoms with E-state index < -0.39 is 6.29 Å². The van der Waals surface area contributed by atoms with Crippen LogP contribution in [0.5, 0.6) is 0 Å². The Morgan fingerprint density at radius 3 is 2.72 bits per heavy atom. The number of carbonyl (C=O) groups is 1. The number of aliphatic hydroxyl groups excluding tert-OH is 1. The van der Waals surface area contributed by atoms with Crippen LogP contribution in [-0.2, 0) is 14.6 Å². The Morgan fingerprint density at radius 1 is 1.50 bits per heavy atom. The number of aliphatic hydroxyl groups is 1. The fourth-order valence-electron chi connectivity index (χ4n) is 1.72. The summed E-state index contributed by atoms with van der Waals surface area (Å²) in [6.07, 6.45) is 1.97. The minimum Gasteiger partial charge on any atom is -0.366 e. The number of carbonyl (C=O) groups excluding carboxylic acids is 1. The molecule has 0 aliphatic heterocycles. The molecule has 5 heteroatoms. The largest absolute Gasteiger partial charge is 0.366 e. The van der Waals surface area contributed by atoms with Crippen LogP contribution in [-0.4, -0.2) is 23.9 Å². The quantitative estimate of drug-likeness (QED) is 0.396. The Morgan fingerprint density at radius 2 is 2.17 bits per heavy atom. The van der Waals surface area contributed by atoms with Crippen molar-refractivity contribution in [3.63, 3.8) is 0 Å². The molecule has 0 saturated heterocycles. The first-order valence-electron chi connectivity index (χ1n) is 6.47. The molecule has 0 unspecified atom stereocenters. The van der Waals surface area contributed by atoms with Gasteiger partial charge in [-0.05, 0) is 32.6 Å². The molecule has 1 aliphatic carbocycles. The molecule has 2 N–H and O–H groups in total. The first-order chi connectivity index (χ1) is 8.52. The number of amides is 1. The van der Waals surface area contributed by atoms with E-state index >= 15 is 0 Å². The van der Waals surface area contributed by atoms with Crippen LogP contribution in [0.1, 0.15) is 46.5 Å². The fourth-order valence-corrected chi connectivity index (χ4v) is 1.72. The van der Waals surface area contributed by atoms with Gasteiger partial charge in [0.25, 0.3) is 0 Å². The van der Waals surface area contributed by atoms with Crippen LogP contribution in [0.3, 0.4) is 0 Å². The van der Waals surface area contributed by atoms with Crippen LogP contribution in [0, 0.1) is 5.92 Å². The van der Waals surface area contributed by atoms with Crippen molar-refractivity contribution >= 4 is 5.91 Å². The van der Waals surface area contributed by atoms with Crippen LogP contribution in [0.2, 0.25) is 0 Å². The van der Waals surface area contributed by atoms with Crippen LogP contribution in [0.4, 0.5) is 0 Å². The average molecular weight is 257 g/mol. The lowest BCUT2D eigenvalue weighted by atomic mass is 10.0. The number of rotatable bonds is 8. The van der Waals surface area contributed by atoms with Crippen molar-refractivity contribution in [1.82, 2.24) is 5.32 Å². The molecule has 1 rings (SSSR count). The Kier molecular flexibility index (Phi) is 6.32. The first kappa shape index (κ1) is 15.1. The monoisotopic (exact) mass is 257 g/mol. The van der Waals surface area contributed by atoms with E-state index in [1.807, 2.05) is 13.8 Å². The van der Waals surface area contributed by atoms with Gasteiger partial charge in [-0.25, -0.2) is 9.78 Å². The predicted octanol–water partition coefficient (Wildman–Crippen LogP) is 1.87. The summed E-state index contributed by atoms with van der Waals surface area (Å²) < 4.78 is 0. The lowest BCUT2D eigenvalue weighted by Crippen LogP contribution is -2.25. The topological polar surface area (TPSA) is 67.8 Å². The van der Waals surface area contributed by atoms with Gasteiger partial charge in [0.1, 0.15) is 0 Å². The van der Waals surface area contributed by atoms with E-state index in [4.69, 9.17) is 0 Å². The summed E-state index contributed by atoms with van der Waals surface area (Å²) in [4.78, 5) is 21.0. The molecule has 0 radical (unpaired) electrons. The number of nitrogens with one attached hydrogen (secondary N) is 1. The van der Waals surface area contributed by atoms with E-state index in [9.17, 15) is 9.90 Å². The van der Waals surface area contributed by atoms with Gasteiger partial charge in [0, 0.05) is 18.5 Å². The van der Waals surface area contributed by atoms with E-state index in [0.717, 1.165) is 18.5 Å². The van der Waals surface area contributed by atoms with Crippen molar-refractivity contribution in [2.45, 2.75) is 52.7 Å². The molecule has 0 aromatic heterocycles. The number of hydrogen-bond donors (Lipinski definition) is 2. The van der Waals surface area contributed by atoms with Gasteiger partial charge in [-0.1, -0.05) is 12.5 Å². The Balaban J connectivity index is 2.20. The molecule has 1 amide bonds. The summed E-state index contributed by atoms with van der Waals surface area (Å²) in [6, 6.07) is 0. The molecule has 104 valence electrons. The standard InChI is InChI=1S/C13H23NO4/c1-4-17-18-13(16)8-9(2)7-12(15)14-10(3)11-5-6-11/h9,13,16H,4-8H2,1-3H3,(H,14,15)/t9-,13-/m0/s1. The van der Waals surface area contributed by atoms with Crippen LogP contribution >= 0.6 is 0 Å². The molecular formula is C13H23NO4. The molecule has 0 heterocycles. The molecular weight excluding hydrogens is 234 g/mol. The third kappa shape index (κ3) is 6.14. The fraction of sp³-hybridized carbons (Fsp3) is 0.769. The summed E-state index contributed by atoms with van der Waals surface area (Å²) in [5.41, 5.74) is 2.31. The zero-order valence-corrected chi connectivity index (χ0v) is 11.4. The molecule has 18 heavy (non-hydrogen) atoms. The summed E-state index contributed by atoms with van der Waals surface area (Å²) in [5.74, 6) is 0.0282. The highest BCUT2D eigenvalue weighted by molar-refractivity contribution is 5.78. The maximum Gasteiger partial charge on any atom is 0.224 e. The van der Waals surface area contributed by atoms with Crippen molar-refractivity contribution in [2.75, 3.05) is 6.61 Å². The van der Waals surface area contributed by atoms with Crippen molar-refractivity contribution < 1.29 is 19.7 Å². The van der Waals surface area contributed by atoms with E-state index in [1.54, 1.807) is 6.92 Å². The van der Waals surface area contributed by atoms with Crippen molar-refractivity contribution in [3.8, 4) is 0 Å². The Bertz CT molecular complexity index is 308. The first-order valence-corrected chi connectivity index (χ1v) is 6.47. The molecule has 0 aromatic carbocycles. The van der Waals surface area contributed by atoms with Gasteiger partial charge in [0.2, 0.25) is 5.91 Å². The summed E-state index contributed by atoms with van der Waals surface area (Å²) in [6.45, 7) is 5.99. The Labute approximate surface area is 108 Å². The molecule has 1 aliphatic rings. The van der Waals surface area contributed by atoms with Crippen molar-refractivity contribution in [2.24, 2.45) is 5.92 Å². The second kappa shape index (κ2) is 7.51. The van der Waals surface area contributed by atoms with Gasteiger partial charge in [-0.3, -0.25) is 4.79 Å². The molecule has 0 bridgehead atoms. The van der Waals surface area contributed by atoms with Gasteiger partial charge in [-0.2, -0.15) is 0 Å². The zero-order chi connectivity index (χ0) is 13.5. The summed E-state index contributed by atoms with van der Waals surface area (Å²) >= 11 is 0. The van der Waals surface area contributed by atoms with Crippen molar-refractivity contribution in [3.05, 3.63) is 11.3 Å². The van der Waals surface area contributed by atoms with Gasteiger partial charge >= 0.3 is 0 Å². The smallest absolute Gasteiger partial charge is 0.224 e. The molecule has 1 fully saturated rings. The van der Waals surface area contributed by atoms with E-state index in [-0.39, 0.29) is 11.8 Å². The number of hydrogen-bond acceptors (Lipinski definition) is 4. The third-order valence-electron chi connectivity index (χ3n) is 2.79. The molecule has 5 nitrogen and oxygen atoms in total. The summed E-state index contributed by atoms with van der Waals surface area (Å²) in [5, 5.41) is 12.3. The highest BCUT2D eigenvalue weighted by Gasteiger charge is 2.18. The van der Waals surface area contributed by atoms with Gasteiger partial charge in [-0.15, -0.1) is 0 Å². The SMILES string of the molecule is CCOO[C@H](O)C[C@@H](C)CC(=O)NC(C)=C1CC1. The maximum atomic E-state index is 11.7. The predicted molar refractivity (Wildman–Crippen MR) is 67.2 cm³/mol. The molecule has 1 saturated carbocycles. The zero-order valence-electron chi connectivity index (χ0n) is 11.4. The van der Waals surface area contributed by atoms with Gasteiger partial charge < -0.3 is 10.4 Å². The van der Waals surface area contributed by atoms with Crippen molar-refractivity contribution in [1.29, 1.82) is 0 Å². The molecule has 0 aromatic rings. The highest BCUT2D eigenvalue weighted by atomic mass is 17.2. The normalized spacial score (nSPS) is 17.2. The lowest BCUT2D eigenvalue weighted by Gasteiger charge is -2.15.